The van der Waals surface area contributed by atoms with E-state index in [0.29, 0.717) is 12.0 Å². The van der Waals surface area contributed by atoms with E-state index in [-0.39, 0.29) is 18.8 Å². The summed E-state index contributed by atoms with van der Waals surface area (Å²) in [5.41, 5.74) is 0.0354. The zero-order chi connectivity index (χ0) is 15.2. The van der Waals surface area contributed by atoms with Gasteiger partial charge in [0.2, 0.25) is 0 Å². The van der Waals surface area contributed by atoms with Crippen LogP contribution in [0.5, 0.6) is 0 Å². The number of hydrogen-bond donors (Lipinski definition) is 3. The maximum atomic E-state index is 13.0. The number of carboxylic acids is 1. The van der Waals surface area contributed by atoms with Crippen LogP contribution in [-0.4, -0.2) is 22.6 Å². The molecule has 0 fully saturated rings. The lowest BCUT2D eigenvalue weighted by Gasteiger charge is -2.25. The van der Waals surface area contributed by atoms with Crippen LogP contribution in [0.3, 0.4) is 0 Å². The summed E-state index contributed by atoms with van der Waals surface area (Å²) in [6, 6.07) is 5.54. The summed E-state index contributed by atoms with van der Waals surface area (Å²) in [5, 5.41) is 13.9. The monoisotopic (exact) mass is 282 g/mol. The Bertz CT molecular complexity index is 489. The molecule has 0 bridgehead atoms. The molecule has 0 unspecified atom stereocenters. The maximum Gasteiger partial charge on any atom is 0.315 e. The van der Waals surface area contributed by atoms with Gasteiger partial charge in [-0.15, -0.1) is 0 Å². The molecule has 1 rings (SSSR count). The highest BCUT2D eigenvalue weighted by molar-refractivity contribution is 5.75. The molecular weight excluding hydrogens is 263 g/mol. The molecule has 0 aliphatic heterocycles. The topological polar surface area (TPSA) is 78.4 Å². The van der Waals surface area contributed by atoms with Crippen LogP contribution < -0.4 is 10.6 Å². The van der Waals surface area contributed by atoms with Gasteiger partial charge in [0.1, 0.15) is 5.82 Å². The number of aliphatic carboxylic acids is 1. The molecule has 110 valence electrons. The van der Waals surface area contributed by atoms with Gasteiger partial charge < -0.3 is 15.7 Å². The number of hydrogen-bond acceptors (Lipinski definition) is 2. The molecule has 0 atom stereocenters. The normalized spacial score (nSPS) is 10.9. The van der Waals surface area contributed by atoms with Gasteiger partial charge in [0.15, 0.2) is 0 Å². The molecule has 0 heterocycles. The van der Waals surface area contributed by atoms with Crippen molar-refractivity contribution in [1.82, 2.24) is 10.6 Å². The number of halogens is 1. The third kappa shape index (κ3) is 6.17. The van der Waals surface area contributed by atoms with Crippen molar-refractivity contribution in [3.63, 3.8) is 0 Å². The van der Waals surface area contributed by atoms with Crippen LogP contribution in [0.15, 0.2) is 24.3 Å². The molecule has 0 spiro atoms. The molecule has 0 aromatic heterocycles. The SMILES string of the molecule is CC(C)(CCC(=O)O)NC(=O)NCc1cccc(F)c1. The third-order valence-corrected chi connectivity index (χ3v) is 2.76. The molecule has 20 heavy (non-hydrogen) atoms. The standard InChI is InChI=1S/C14H19FN2O3/c1-14(2,7-6-12(18)19)17-13(20)16-9-10-4-3-5-11(15)8-10/h3-5,8H,6-7,9H2,1-2H3,(H,18,19)(H2,16,17,20). The number of carboxylic acid groups (broad SMARTS) is 1. The lowest BCUT2D eigenvalue weighted by molar-refractivity contribution is -0.137. The Kier molecular flexibility index (Phi) is 5.49. The largest absolute Gasteiger partial charge is 0.481 e. The number of amides is 2. The van der Waals surface area contributed by atoms with E-state index in [1.54, 1.807) is 26.0 Å². The number of urea groups is 1. The summed E-state index contributed by atoms with van der Waals surface area (Å²) in [7, 11) is 0. The van der Waals surface area contributed by atoms with Gasteiger partial charge in [0.25, 0.3) is 0 Å². The Balaban J connectivity index is 2.41. The molecule has 0 saturated heterocycles. The predicted octanol–water partition coefficient (Wildman–Crippen LogP) is 2.27. The van der Waals surface area contributed by atoms with Gasteiger partial charge in [0.05, 0.1) is 0 Å². The van der Waals surface area contributed by atoms with E-state index < -0.39 is 17.5 Å². The minimum atomic E-state index is -0.903. The first-order valence-electron chi connectivity index (χ1n) is 6.31. The second-order valence-corrected chi connectivity index (χ2v) is 5.22. The molecule has 2 amide bonds. The molecule has 0 aliphatic rings. The summed E-state index contributed by atoms with van der Waals surface area (Å²) in [6.45, 7) is 3.70. The molecule has 6 heteroatoms. The summed E-state index contributed by atoms with van der Waals surface area (Å²) in [5.74, 6) is -1.26. The number of carbonyl (C=O) groups excluding carboxylic acids is 1. The molecule has 0 saturated carbocycles. The third-order valence-electron chi connectivity index (χ3n) is 2.76. The molecule has 1 aromatic rings. The number of benzene rings is 1. The van der Waals surface area contributed by atoms with Crippen molar-refractivity contribution in [3.8, 4) is 0 Å². The average Bonchev–Trinajstić information content (AvgIpc) is 2.34. The number of carbonyl (C=O) groups is 2. The van der Waals surface area contributed by atoms with Crippen LogP contribution in [0, 0.1) is 5.82 Å². The summed E-state index contributed by atoms with van der Waals surface area (Å²) in [4.78, 5) is 22.2. The maximum absolute atomic E-state index is 13.0. The summed E-state index contributed by atoms with van der Waals surface area (Å²) >= 11 is 0. The molecule has 1 aromatic carbocycles. The zero-order valence-electron chi connectivity index (χ0n) is 11.6. The van der Waals surface area contributed by atoms with Crippen molar-refractivity contribution in [2.45, 2.75) is 38.8 Å². The van der Waals surface area contributed by atoms with Gasteiger partial charge in [-0.05, 0) is 38.0 Å². The molecular formula is C14H19FN2O3. The van der Waals surface area contributed by atoms with Crippen LogP contribution in [0.2, 0.25) is 0 Å². The van der Waals surface area contributed by atoms with E-state index in [1.165, 1.54) is 12.1 Å². The van der Waals surface area contributed by atoms with Crippen molar-refractivity contribution >= 4 is 12.0 Å². The van der Waals surface area contributed by atoms with E-state index >= 15 is 0 Å². The first-order valence-corrected chi connectivity index (χ1v) is 6.31. The fourth-order valence-corrected chi connectivity index (χ4v) is 1.66. The predicted molar refractivity (Wildman–Crippen MR) is 72.7 cm³/mol. The van der Waals surface area contributed by atoms with Crippen molar-refractivity contribution < 1.29 is 19.1 Å². The van der Waals surface area contributed by atoms with Gasteiger partial charge in [-0.1, -0.05) is 12.1 Å². The van der Waals surface area contributed by atoms with Crippen LogP contribution in [-0.2, 0) is 11.3 Å². The van der Waals surface area contributed by atoms with Gasteiger partial charge in [-0.3, -0.25) is 4.79 Å². The average molecular weight is 282 g/mol. The summed E-state index contributed by atoms with van der Waals surface area (Å²) in [6.07, 6.45) is 0.312. The van der Waals surface area contributed by atoms with Gasteiger partial charge in [-0.25, -0.2) is 9.18 Å². The van der Waals surface area contributed by atoms with Crippen LogP contribution in [0.25, 0.3) is 0 Å². The quantitative estimate of drug-likeness (QED) is 0.749. The molecule has 5 nitrogen and oxygen atoms in total. The lowest BCUT2D eigenvalue weighted by atomic mass is 9.99. The smallest absolute Gasteiger partial charge is 0.315 e. The molecule has 3 N–H and O–H groups in total. The van der Waals surface area contributed by atoms with E-state index in [0.717, 1.165) is 0 Å². The van der Waals surface area contributed by atoms with Gasteiger partial charge in [0, 0.05) is 18.5 Å². The Labute approximate surface area is 117 Å². The fraction of sp³-hybridized carbons (Fsp3) is 0.429. The van der Waals surface area contributed by atoms with Crippen molar-refractivity contribution in [2.24, 2.45) is 0 Å². The fourth-order valence-electron chi connectivity index (χ4n) is 1.66. The second kappa shape index (κ2) is 6.88. The lowest BCUT2D eigenvalue weighted by Crippen LogP contribution is -2.48. The highest BCUT2D eigenvalue weighted by Gasteiger charge is 2.21. The molecule has 0 aliphatic carbocycles. The van der Waals surface area contributed by atoms with E-state index in [4.69, 9.17) is 5.11 Å². The second-order valence-electron chi connectivity index (χ2n) is 5.22. The molecule has 0 radical (unpaired) electrons. The zero-order valence-corrected chi connectivity index (χ0v) is 11.6. The van der Waals surface area contributed by atoms with Crippen LogP contribution in [0.1, 0.15) is 32.3 Å². The van der Waals surface area contributed by atoms with E-state index in [1.807, 2.05) is 0 Å². The van der Waals surface area contributed by atoms with Crippen molar-refractivity contribution in [1.29, 1.82) is 0 Å². The number of rotatable bonds is 6. The highest BCUT2D eigenvalue weighted by Crippen LogP contribution is 2.11. The first-order chi connectivity index (χ1) is 9.28. The minimum Gasteiger partial charge on any atom is -0.481 e. The highest BCUT2D eigenvalue weighted by atomic mass is 19.1. The van der Waals surface area contributed by atoms with Crippen molar-refractivity contribution in [3.05, 3.63) is 35.6 Å². The van der Waals surface area contributed by atoms with E-state index in [2.05, 4.69) is 10.6 Å². The van der Waals surface area contributed by atoms with Crippen LogP contribution >= 0.6 is 0 Å². The Morgan fingerprint density at radius 1 is 1.35 bits per heavy atom. The Morgan fingerprint density at radius 2 is 2.05 bits per heavy atom. The van der Waals surface area contributed by atoms with Gasteiger partial charge >= 0.3 is 12.0 Å². The first kappa shape index (κ1) is 15.9. The summed E-state index contributed by atoms with van der Waals surface area (Å²) < 4.78 is 13.0. The minimum absolute atomic E-state index is 0.0167. The van der Waals surface area contributed by atoms with E-state index in [9.17, 15) is 14.0 Å². The van der Waals surface area contributed by atoms with Crippen molar-refractivity contribution in [2.75, 3.05) is 0 Å². The number of nitrogens with one attached hydrogen (secondary N) is 2. The van der Waals surface area contributed by atoms with Crippen LogP contribution in [0.4, 0.5) is 9.18 Å². The van der Waals surface area contributed by atoms with Gasteiger partial charge in [-0.2, -0.15) is 0 Å². The Hall–Kier alpha value is -2.11. The Morgan fingerprint density at radius 3 is 2.65 bits per heavy atom.